The molecule has 0 amide bonds. The SMILES string of the molecule is CCOC(=O)CCCc1ccc2ccccc2c1/C=C/c1ccc([N+](=O)[O-])cc1. The third-order valence-electron chi connectivity index (χ3n) is 4.74. The average molecular weight is 389 g/mol. The Labute approximate surface area is 169 Å². The van der Waals surface area contributed by atoms with Gasteiger partial charge in [0.15, 0.2) is 0 Å². The Morgan fingerprint density at radius 1 is 1.03 bits per heavy atom. The highest BCUT2D eigenvalue weighted by atomic mass is 16.6. The smallest absolute Gasteiger partial charge is 0.305 e. The van der Waals surface area contributed by atoms with E-state index in [4.69, 9.17) is 4.74 Å². The molecule has 0 fully saturated rings. The van der Waals surface area contributed by atoms with Crippen molar-refractivity contribution in [3.05, 3.63) is 87.5 Å². The van der Waals surface area contributed by atoms with Crippen LogP contribution in [0, 0.1) is 10.1 Å². The fraction of sp³-hybridized carbons (Fsp3) is 0.208. The minimum absolute atomic E-state index is 0.0759. The molecule has 5 heteroatoms. The zero-order valence-corrected chi connectivity index (χ0v) is 16.3. The average Bonchev–Trinajstić information content (AvgIpc) is 2.73. The van der Waals surface area contributed by atoms with Crippen LogP contribution in [0.15, 0.2) is 60.7 Å². The first-order valence-electron chi connectivity index (χ1n) is 9.67. The van der Waals surface area contributed by atoms with E-state index in [-0.39, 0.29) is 11.7 Å². The highest BCUT2D eigenvalue weighted by molar-refractivity contribution is 5.94. The summed E-state index contributed by atoms with van der Waals surface area (Å²) in [5.74, 6) is -0.170. The molecule has 0 aliphatic rings. The standard InChI is InChI=1S/C24H23NO4/c1-2-29-24(26)9-5-7-20-14-13-19-6-3-4-8-22(19)23(20)17-12-18-10-15-21(16-11-18)25(27)28/h3-4,6,8,10-17H,2,5,7,9H2,1H3/b17-12+. The number of benzene rings is 3. The summed E-state index contributed by atoms with van der Waals surface area (Å²) in [5, 5.41) is 13.1. The van der Waals surface area contributed by atoms with Crippen molar-refractivity contribution in [3.8, 4) is 0 Å². The van der Waals surface area contributed by atoms with Crippen molar-refractivity contribution in [1.29, 1.82) is 0 Å². The maximum Gasteiger partial charge on any atom is 0.305 e. The maximum absolute atomic E-state index is 11.6. The summed E-state index contributed by atoms with van der Waals surface area (Å²) in [7, 11) is 0. The van der Waals surface area contributed by atoms with Gasteiger partial charge in [0, 0.05) is 18.6 Å². The molecule has 0 atom stereocenters. The lowest BCUT2D eigenvalue weighted by molar-refractivity contribution is -0.384. The van der Waals surface area contributed by atoms with Gasteiger partial charge >= 0.3 is 5.97 Å². The van der Waals surface area contributed by atoms with Gasteiger partial charge in [-0.15, -0.1) is 0 Å². The van der Waals surface area contributed by atoms with Crippen LogP contribution in [0.4, 0.5) is 5.69 Å². The van der Waals surface area contributed by atoms with Crippen molar-refractivity contribution in [2.24, 2.45) is 0 Å². The highest BCUT2D eigenvalue weighted by Crippen LogP contribution is 2.26. The monoisotopic (exact) mass is 389 g/mol. The molecular weight excluding hydrogens is 366 g/mol. The van der Waals surface area contributed by atoms with Crippen LogP contribution in [0.1, 0.15) is 36.5 Å². The van der Waals surface area contributed by atoms with Gasteiger partial charge in [0.25, 0.3) is 5.69 Å². The van der Waals surface area contributed by atoms with Crippen molar-refractivity contribution in [2.75, 3.05) is 6.61 Å². The molecule has 0 radical (unpaired) electrons. The summed E-state index contributed by atoms with van der Waals surface area (Å²) >= 11 is 0. The number of esters is 1. The van der Waals surface area contributed by atoms with Crippen molar-refractivity contribution >= 4 is 34.6 Å². The number of aryl methyl sites for hydroxylation is 1. The number of nitrogens with zero attached hydrogens (tertiary/aromatic N) is 1. The van der Waals surface area contributed by atoms with Gasteiger partial charge in [-0.2, -0.15) is 0 Å². The van der Waals surface area contributed by atoms with Crippen LogP contribution in [0.3, 0.4) is 0 Å². The Hall–Kier alpha value is -3.47. The molecule has 0 unspecified atom stereocenters. The molecule has 3 rings (SSSR count). The van der Waals surface area contributed by atoms with Crippen molar-refractivity contribution in [2.45, 2.75) is 26.2 Å². The van der Waals surface area contributed by atoms with E-state index in [0.717, 1.165) is 40.3 Å². The first kappa shape index (κ1) is 20.3. The van der Waals surface area contributed by atoms with Crippen molar-refractivity contribution in [3.63, 3.8) is 0 Å². The van der Waals surface area contributed by atoms with Crippen LogP contribution in [0.5, 0.6) is 0 Å². The van der Waals surface area contributed by atoms with E-state index in [9.17, 15) is 14.9 Å². The van der Waals surface area contributed by atoms with E-state index in [0.29, 0.717) is 13.0 Å². The normalized spacial score (nSPS) is 11.1. The molecule has 5 nitrogen and oxygen atoms in total. The largest absolute Gasteiger partial charge is 0.466 e. The Bertz CT molecular complexity index is 1040. The van der Waals surface area contributed by atoms with Gasteiger partial charge < -0.3 is 4.74 Å². The Kier molecular flexibility index (Phi) is 6.74. The zero-order chi connectivity index (χ0) is 20.6. The number of carbonyl (C=O) groups excluding carboxylic acids is 1. The number of hydrogen-bond acceptors (Lipinski definition) is 4. The molecule has 0 N–H and O–H groups in total. The highest BCUT2D eigenvalue weighted by Gasteiger charge is 2.08. The number of carbonyl (C=O) groups is 1. The Morgan fingerprint density at radius 2 is 1.79 bits per heavy atom. The Morgan fingerprint density at radius 3 is 2.52 bits per heavy atom. The fourth-order valence-electron chi connectivity index (χ4n) is 3.30. The lowest BCUT2D eigenvalue weighted by Crippen LogP contribution is -2.04. The molecule has 29 heavy (non-hydrogen) atoms. The maximum atomic E-state index is 11.6. The number of nitro benzene ring substituents is 1. The van der Waals surface area contributed by atoms with Gasteiger partial charge in [0.2, 0.25) is 0 Å². The first-order chi connectivity index (χ1) is 14.1. The topological polar surface area (TPSA) is 69.4 Å². The molecule has 0 saturated carbocycles. The molecule has 0 aliphatic carbocycles. The summed E-state index contributed by atoms with van der Waals surface area (Å²) in [5.41, 5.74) is 3.23. The first-order valence-corrected chi connectivity index (χ1v) is 9.67. The van der Waals surface area contributed by atoms with E-state index in [1.807, 2.05) is 31.2 Å². The van der Waals surface area contributed by atoms with Crippen LogP contribution in [0.2, 0.25) is 0 Å². The second-order valence-corrected chi connectivity index (χ2v) is 6.70. The summed E-state index contributed by atoms with van der Waals surface area (Å²) in [6, 6.07) is 18.8. The van der Waals surface area contributed by atoms with Gasteiger partial charge in [-0.05, 0) is 59.4 Å². The Balaban J connectivity index is 1.87. The minimum Gasteiger partial charge on any atom is -0.466 e. The molecule has 148 valence electrons. The predicted octanol–water partition coefficient (Wildman–Crippen LogP) is 5.80. The summed E-state index contributed by atoms with van der Waals surface area (Å²) < 4.78 is 5.01. The lowest BCUT2D eigenvalue weighted by Gasteiger charge is -2.10. The molecule has 0 saturated heterocycles. The second-order valence-electron chi connectivity index (χ2n) is 6.70. The molecule has 0 spiro atoms. The quantitative estimate of drug-likeness (QED) is 0.211. The number of rotatable bonds is 8. The summed E-state index contributed by atoms with van der Waals surface area (Å²) in [6.07, 6.45) is 5.88. The number of ether oxygens (including phenoxy) is 1. The van der Waals surface area contributed by atoms with Gasteiger partial charge in [0.1, 0.15) is 0 Å². The molecule has 0 heterocycles. The van der Waals surface area contributed by atoms with E-state index < -0.39 is 4.92 Å². The van der Waals surface area contributed by atoms with E-state index >= 15 is 0 Å². The molecule has 3 aromatic carbocycles. The summed E-state index contributed by atoms with van der Waals surface area (Å²) in [6.45, 7) is 2.21. The fourth-order valence-corrected chi connectivity index (χ4v) is 3.30. The van der Waals surface area contributed by atoms with E-state index in [1.165, 1.54) is 12.1 Å². The van der Waals surface area contributed by atoms with Crippen LogP contribution in [-0.2, 0) is 16.0 Å². The van der Waals surface area contributed by atoms with Crippen LogP contribution < -0.4 is 0 Å². The molecule has 0 aromatic heterocycles. The molecule has 0 aliphatic heterocycles. The number of hydrogen-bond donors (Lipinski definition) is 0. The van der Waals surface area contributed by atoms with Crippen LogP contribution in [-0.4, -0.2) is 17.5 Å². The number of nitro groups is 1. The molecular formula is C24H23NO4. The van der Waals surface area contributed by atoms with Gasteiger partial charge in [-0.25, -0.2) is 0 Å². The lowest BCUT2D eigenvalue weighted by atomic mass is 9.95. The predicted molar refractivity (Wildman–Crippen MR) is 116 cm³/mol. The van der Waals surface area contributed by atoms with Crippen molar-refractivity contribution in [1.82, 2.24) is 0 Å². The molecule has 3 aromatic rings. The number of non-ortho nitro benzene ring substituents is 1. The van der Waals surface area contributed by atoms with Crippen molar-refractivity contribution < 1.29 is 14.5 Å². The third kappa shape index (κ3) is 5.29. The van der Waals surface area contributed by atoms with E-state index in [1.54, 1.807) is 12.1 Å². The van der Waals surface area contributed by atoms with Crippen LogP contribution in [0.25, 0.3) is 22.9 Å². The van der Waals surface area contributed by atoms with Crippen LogP contribution >= 0.6 is 0 Å². The van der Waals surface area contributed by atoms with Gasteiger partial charge in [0.05, 0.1) is 11.5 Å². The zero-order valence-electron chi connectivity index (χ0n) is 16.3. The van der Waals surface area contributed by atoms with Gasteiger partial charge in [-0.3, -0.25) is 14.9 Å². The third-order valence-corrected chi connectivity index (χ3v) is 4.74. The number of fused-ring (bicyclic) bond motifs is 1. The second kappa shape index (κ2) is 9.64. The van der Waals surface area contributed by atoms with Gasteiger partial charge in [-0.1, -0.05) is 48.6 Å². The molecule has 0 bridgehead atoms. The van der Waals surface area contributed by atoms with E-state index in [2.05, 4.69) is 24.3 Å². The minimum atomic E-state index is -0.403. The summed E-state index contributed by atoms with van der Waals surface area (Å²) in [4.78, 5) is 22.1.